The van der Waals surface area contributed by atoms with E-state index in [0.717, 1.165) is 12.1 Å². The van der Waals surface area contributed by atoms with Crippen LogP contribution < -0.4 is 5.32 Å². The second kappa shape index (κ2) is 10.0. The molecule has 0 saturated carbocycles. The van der Waals surface area contributed by atoms with Crippen molar-refractivity contribution in [3.8, 4) is 0 Å². The first-order chi connectivity index (χ1) is 14.1. The van der Waals surface area contributed by atoms with Gasteiger partial charge < -0.3 is 14.8 Å². The number of nitrogens with zero attached hydrogens (tertiary/aromatic N) is 2. The van der Waals surface area contributed by atoms with Gasteiger partial charge in [-0.05, 0) is 44.5 Å². The topological polar surface area (TPSA) is 90.4 Å². The molecule has 0 saturated heterocycles. The molecule has 1 aromatic heterocycles. The van der Waals surface area contributed by atoms with Crippen molar-refractivity contribution in [3.05, 3.63) is 59.7 Å². The van der Waals surface area contributed by atoms with Crippen molar-refractivity contribution >= 4 is 12.1 Å². The lowest BCUT2D eigenvalue weighted by Crippen LogP contribution is -2.38. The Kier molecular flexibility index (Phi) is 7.73. The molecule has 0 radical (unpaired) electrons. The first kappa shape index (κ1) is 23.1. The number of carbonyl (C=O) groups is 2. The number of alkyl carbamates (subject to hydrolysis) is 1. The summed E-state index contributed by atoms with van der Waals surface area (Å²) in [5.41, 5.74) is -0.354. The molecule has 2 atom stereocenters. The number of hydrogen-bond donors (Lipinski definition) is 1. The molecule has 1 unspecified atom stereocenters. The molecule has 0 spiro atoms. The number of hydrogen-bond acceptors (Lipinski definition) is 6. The third-order valence-corrected chi connectivity index (χ3v) is 3.92. The number of benzene rings is 1. The highest BCUT2D eigenvalue weighted by atomic mass is 19.4. The minimum atomic E-state index is -4.45. The van der Waals surface area contributed by atoms with Gasteiger partial charge >= 0.3 is 18.2 Å². The van der Waals surface area contributed by atoms with Crippen LogP contribution in [0.5, 0.6) is 0 Å². The molecule has 0 bridgehead atoms. The van der Waals surface area contributed by atoms with E-state index >= 15 is 0 Å². The number of alkyl halides is 3. The van der Waals surface area contributed by atoms with Gasteiger partial charge in [0.05, 0.1) is 24.1 Å². The lowest BCUT2D eigenvalue weighted by Gasteiger charge is -2.20. The Bertz CT molecular complexity index is 843. The maximum Gasteiger partial charge on any atom is 0.416 e. The molecule has 0 aliphatic heterocycles. The molecule has 2 rings (SSSR count). The third kappa shape index (κ3) is 7.02. The van der Waals surface area contributed by atoms with Crippen LogP contribution in [0, 0.1) is 0 Å². The number of aromatic nitrogens is 2. The van der Waals surface area contributed by atoms with Gasteiger partial charge in [-0.3, -0.25) is 0 Å². The Morgan fingerprint density at radius 3 is 2.17 bits per heavy atom. The minimum absolute atomic E-state index is 0.0888. The van der Waals surface area contributed by atoms with Crippen LogP contribution in [0.15, 0.2) is 42.7 Å². The maximum absolute atomic E-state index is 12.7. The summed E-state index contributed by atoms with van der Waals surface area (Å²) in [6.45, 7) is 4.88. The summed E-state index contributed by atoms with van der Waals surface area (Å²) in [5, 5.41) is 2.49. The Labute approximate surface area is 171 Å². The smallest absolute Gasteiger partial charge is 0.416 e. The average molecular weight is 425 g/mol. The summed E-state index contributed by atoms with van der Waals surface area (Å²) >= 11 is 0. The standard InChI is InChI=1S/C20H22F3N3O4/c1-12(2)29-18(27)16(11-17-24-9-4-10-25-17)30-19(28)26-13(3)14-5-7-15(8-6-14)20(21,22)23/h4-10,12-13,16H,11H2,1-3H3,(H,26,28)/t13-,16?/m0/s1. The summed E-state index contributed by atoms with van der Waals surface area (Å²) in [4.78, 5) is 32.6. The fourth-order valence-electron chi connectivity index (χ4n) is 2.47. The highest BCUT2D eigenvalue weighted by Gasteiger charge is 2.30. The number of rotatable bonds is 7. The van der Waals surface area contributed by atoms with Crippen LogP contribution in [0.4, 0.5) is 18.0 Å². The first-order valence-electron chi connectivity index (χ1n) is 9.17. The van der Waals surface area contributed by atoms with Crippen LogP contribution in [-0.2, 0) is 26.9 Å². The van der Waals surface area contributed by atoms with Crippen molar-refractivity contribution in [1.29, 1.82) is 0 Å². The Balaban J connectivity index is 2.04. The number of carbonyl (C=O) groups excluding carboxylic acids is 2. The third-order valence-electron chi connectivity index (χ3n) is 3.92. The van der Waals surface area contributed by atoms with E-state index in [2.05, 4.69) is 15.3 Å². The summed E-state index contributed by atoms with van der Waals surface area (Å²) in [6, 6.07) is 5.31. The number of nitrogens with one attached hydrogen (secondary N) is 1. The lowest BCUT2D eigenvalue weighted by atomic mass is 10.1. The van der Waals surface area contributed by atoms with Crippen molar-refractivity contribution in [2.24, 2.45) is 0 Å². The van der Waals surface area contributed by atoms with E-state index in [9.17, 15) is 22.8 Å². The lowest BCUT2D eigenvalue weighted by molar-refractivity contribution is -0.157. The molecule has 0 aliphatic carbocycles. The molecule has 1 N–H and O–H groups in total. The minimum Gasteiger partial charge on any atom is -0.460 e. The zero-order valence-corrected chi connectivity index (χ0v) is 16.6. The molecule has 1 amide bonds. The van der Waals surface area contributed by atoms with E-state index in [0.29, 0.717) is 5.56 Å². The van der Waals surface area contributed by atoms with Crippen molar-refractivity contribution in [3.63, 3.8) is 0 Å². The second-order valence-corrected chi connectivity index (χ2v) is 6.73. The number of esters is 1. The van der Waals surface area contributed by atoms with E-state index in [1.807, 2.05) is 0 Å². The maximum atomic E-state index is 12.7. The Morgan fingerprint density at radius 1 is 1.03 bits per heavy atom. The van der Waals surface area contributed by atoms with Crippen molar-refractivity contribution in [2.45, 2.75) is 51.6 Å². The monoisotopic (exact) mass is 425 g/mol. The van der Waals surface area contributed by atoms with Gasteiger partial charge in [0.1, 0.15) is 5.82 Å². The molecular weight excluding hydrogens is 403 g/mol. The molecule has 1 aromatic carbocycles. The summed E-state index contributed by atoms with van der Waals surface area (Å²) in [7, 11) is 0. The molecule has 2 aromatic rings. The fourth-order valence-corrected chi connectivity index (χ4v) is 2.47. The zero-order valence-electron chi connectivity index (χ0n) is 16.6. The van der Waals surface area contributed by atoms with Gasteiger partial charge in [0, 0.05) is 12.4 Å². The normalized spacial score (nSPS) is 13.4. The van der Waals surface area contributed by atoms with Crippen LogP contribution in [0.25, 0.3) is 0 Å². The van der Waals surface area contributed by atoms with E-state index in [4.69, 9.17) is 9.47 Å². The summed E-state index contributed by atoms with van der Waals surface area (Å²) < 4.78 is 48.3. The van der Waals surface area contributed by atoms with E-state index in [-0.39, 0.29) is 12.2 Å². The quantitative estimate of drug-likeness (QED) is 0.678. The predicted molar refractivity (Wildman–Crippen MR) is 100 cm³/mol. The van der Waals surface area contributed by atoms with Crippen LogP contribution in [-0.4, -0.2) is 34.2 Å². The van der Waals surface area contributed by atoms with Crippen molar-refractivity contribution < 1.29 is 32.2 Å². The number of ether oxygens (including phenoxy) is 2. The Morgan fingerprint density at radius 2 is 1.63 bits per heavy atom. The molecule has 10 heteroatoms. The van der Waals surface area contributed by atoms with Crippen molar-refractivity contribution in [1.82, 2.24) is 15.3 Å². The molecule has 7 nitrogen and oxygen atoms in total. The van der Waals surface area contributed by atoms with Crippen LogP contribution in [0.2, 0.25) is 0 Å². The van der Waals surface area contributed by atoms with Crippen LogP contribution in [0.3, 0.4) is 0 Å². The molecule has 162 valence electrons. The van der Waals surface area contributed by atoms with Gasteiger partial charge in [0.25, 0.3) is 0 Å². The zero-order chi connectivity index (χ0) is 22.3. The summed E-state index contributed by atoms with van der Waals surface area (Å²) in [6.07, 6.45) is -4.19. The molecule has 30 heavy (non-hydrogen) atoms. The van der Waals surface area contributed by atoms with Gasteiger partial charge in [-0.25, -0.2) is 19.6 Å². The SMILES string of the molecule is CC(C)OC(=O)C(Cc1ncccn1)OC(=O)N[C@@H](C)c1ccc(C(F)(F)F)cc1. The highest BCUT2D eigenvalue weighted by molar-refractivity contribution is 5.79. The summed E-state index contributed by atoms with van der Waals surface area (Å²) in [5.74, 6) is -0.471. The number of amides is 1. The van der Waals surface area contributed by atoms with Crippen LogP contribution in [0.1, 0.15) is 43.8 Å². The largest absolute Gasteiger partial charge is 0.460 e. The molecule has 0 fully saturated rings. The van der Waals surface area contributed by atoms with Crippen molar-refractivity contribution in [2.75, 3.05) is 0 Å². The van der Waals surface area contributed by atoms with Gasteiger partial charge in [0.2, 0.25) is 6.10 Å². The predicted octanol–water partition coefficient (Wildman–Crippen LogP) is 3.85. The van der Waals surface area contributed by atoms with E-state index in [1.54, 1.807) is 26.8 Å². The Hall–Kier alpha value is -3.17. The molecule has 1 heterocycles. The first-order valence-corrected chi connectivity index (χ1v) is 9.17. The molecular formula is C20H22F3N3O4. The molecule has 0 aliphatic rings. The van der Waals surface area contributed by atoms with Gasteiger partial charge in [-0.15, -0.1) is 0 Å². The average Bonchev–Trinajstić information content (AvgIpc) is 2.67. The van der Waals surface area contributed by atoms with Gasteiger partial charge in [-0.1, -0.05) is 12.1 Å². The van der Waals surface area contributed by atoms with Crippen LogP contribution >= 0.6 is 0 Å². The van der Waals surface area contributed by atoms with Gasteiger partial charge in [-0.2, -0.15) is 13.2 Å². The second-order valence-electron chi connectivity index (χ2n) is 6.73. The fraction of sp³-hybridized carbons (Fsp3) is 0.400. The highest BCUT2D eigenvalue weighted by Crippen LogP contribution is 2.29. The number of halogens is 3. The van der Waals surface area contributed by atoms with E-state index in [1.165, 1.54) is 24.5 Å². The van der Waals surface area contributed by atoms with Gasteiger partial charge in [0.15, 0.2) is 0 Å². The van der Waals surface area contributed by atoms with E-state index < -0.39 is 42.1 Å².